The highest BCUT2D eigenvalue weighted by Crippen LogP contribution is 2.34. The van der Waals surface area contributed by atoms with Gasteiger partial charge in [0.05, 0.1) is 18.9 Å². The van der Waals surface area contributed by atoms with E-state index in [9.17, 15) is 9.59 Å². The molecule has 0 spiro atoms. The molecule has 2 aromatic heterocycles. The maximum Gasteiger partial charge on any atom is 0.255 e. The molecule has 1 aliphatic rings. The third-order valence-electron chi connectivity index (χ3n) is 8.88. The molecule has 0 unspecified atom stereocenters. The first-order chi connectivity index (χ1) is 23.9. The van der Waals surface area contributed by atoms with E-state index in [2.05, 4.69) is 54.7 Å². The van der Waals surface area contributed by atoms with E-state index < -0.39 is 0 Å². The molecule has 1 saturated heterocycles. The molecule has 9 nitrogen and oxygen atoms in total. The van der Waals surface area contributed by atoms with Crippen LogP contribution < -0.4 is 15.5 Å². The summed E-state index contributed by atoms with van der Waals surface area (Å²) in [6, 6.07) is 17.5. The van der Waals surface area contributed by atoms with Gasteiger partial charge in [0, 0.05) is 101 Å². The van der Waals surface area contributed by atoms with E-state index in [1.165, 1.54) is 0 Å². The van der Waals surface area contributed by atoms with Gasteiger partial charge in [0.15, 0.2) is 0 Å². The highest BCUT2D eigenvalue weighted by molar-refractivity contribution is 7.99. The Morgan fingerprint density at radius 1 is 0.898 bits per heavy atom. The van der Waals surface area contributed by atoms with Crippen molar-refractivity contribution in [2.45, 2.75) is 25.7 Å². The molecule has 0 bridgehead atoms. The Kier molecular flexibility index (Phi) is 11.2. The standard InChI is InChI=1S/C39H44N6O3S/c1-4-5-14-45(16-15-44-17-19-48-20-18-44)36-12-9-31(43-39(47)30-8-11-35-33(23-30)28(3)26-42-35)24-37(36)49-21-6-13-40-38(46)29-7-10-34-32(22-29)27(2)25-41-34/h4-13,22-26,41-42H,14-21H2,1-3H3,(H,40,46)(H,43,47)/b5-4-,13-6+. The Hall–Kier alpha value is -4.77. The van der Waals surface area contributed by atoms with Crippen molar-refractivity contribution in [1.82, 2.24) is 20.2 Å². The van der Waals surface area contributed by atoms with Crippen LogP contribution in [0.5, 0.6) is 0 Å². The highest BCUT2D eigenvalue weighted by atomic mass is 32.2. The van der Waals surface area contributed by atoms with Crippen molar-refractivity contribution < 1.29 is 14.3 Å². The van der Waals surface area contributed by atoms with Crippen LogP contribution in [0, 0.1) is 13.8 Å². The van der Waals surface area contributed by atoms with Crippen LogP contribution in [0.3, 0.4) is 0 Å². The number of fused-ring (bicyclic) bond motifs is 2. The number of thioether (sulfide) groups is 1. The zero-order valence-corrected chi connectivity index (χ0v) is 29.2. The number of nitrogens with zero attached hydrogens (tertiary/aromatic N) is 2. The summed E-state index contributed by atoms with van der Waals surface area (Å²) < 4.78 is 5.56. The van der Waals surface area contributed by atoms with Gasteiger partial charge in [-0.3, -0.25) is 14.5 Å². The number of nitrogens with one attached hydrogen (secondary N) is 4. The number of aromatic nitrogens is 2. The molecule has 254 valence electrons. The van der Waals surface area contributed by atoms with Crippen LogP contribution in [0.1, 0.15) is 38.8 Å². The van der Waals surface area contributed by atoms with Gasteiger partial charge in [0.2, 0.25) is 0 Å². The fraction of sp³-hybridized carbons (Fsp3) is 0.282. The Balaban J connectivity index is 1.18. The molecule has 49 heavy (non-hydrogen) atoms. The van der Waals surface area contributed by atoms with E-state index >= 15 is 0 Å². The van der Waals surface area contributed by atoms with Gasteiger partial charge in [-0.15, -0.1) is 11.8 Å². The summed E-state index contributed by atoms with van der Waals surface area (Å²) in [5.74, 6) is 0.327. The van der Waals surface area contributed by atoms with Gasteiger partial charge in [-0.25, -0.2) is 0 Å². The normalized spacial score (nSPS) is 13.9. The molecule has 4 N–H and O–H groups in total. The van der Waals surface area contributed by atoms with Crippen molar-refractivity contribution in [3.63, 3.8) is 0 Å². The number of morpholine rings is 1. The number of hydrogen-bond acceptors (Lipinski definition) is 6. The first-order valence-electron chi connectivity index (χ1n) is 16.8. The molecular formula is C39H44N6O3S. The van der Waals surface area contributed by atoms with Gasteiger partial charge < -0.3 is 30.2 Å². The second kappa shape index (κ2) is 16.1. The Labute approximate surface area is 291 Å². The summed E-state index contributed by atoms with van der Waals surface area (Å²) in [6.45, 7) is 12.1. The van der Waals surface area contributed by atoms with Crippen molar-refractivity contribution in [3.05, 3.63) is 114 Å². The minimum absolute atomic E-state index is 0.150. The zero-order chi connectivity index (χ0) is 34.2. The van der Waals surface area contributed by atoms with Crippen molar-refractivity contribution in [3.8, 4) is 0 Å². The number of hydrogen-bond donors (Lipinski definition) is 4. The fourth-order valence-electron chi connectivity index (χ4n) is 6.01. The molecule has 0 saturated carbocycles. The molecule has 2 amide bonds. The number of carbonyl (C=O) groups is 2. The zero-order valence-electron chi connectivity index (χ0n) is 28.3. The number of anilines is 2. The summed E-state index contributed by atoms with van der Waals surface area (Å²) in [7, 11) is 0. The number of rotatable bonds is 13. The van der Waals surface area contributed by atoms with E-state index in [0.29, 0.717) is 16.9 Å². The smallest absolute Gasteiger partial charge is 0.255 e. The van der Waals surface area contributed by atoms with E-state index in [-0.39, 0.29) is 11.8 Å². The van der Waals surface area contributed by atoms with Crippen LogP contribution in [0.4, 0.5) is 11.4 Å². The molecule has 3 heterocycles. The maximum absolute atomic E-state index is 13.4. The van der Waals surface area contributed by atoms with Gasteiger partial charge >= 0.3 is 0 Å². The summed E-state index contributed by atoms with van der Waals surface area (Å²) >= 11 is 1.67. The predicted octanol–water partition coefficient (Wildman–Crippen LogP) is 7.27. The third kappa shape index (κ3) is 8.45. The van der Waals surface area contributed by atoms with Crippen molar-refractivity contribution in [2.24, 2.45) is 0 Å². The van der Waals surface area contributed by atoms with E-state index in [0.717, 1.165) is 95.1 Å². The number of aryl methyl sites for hydroxylation is 2. The summed E-state index contributed by atoms with van der Waals surface area (Å²) in [6.07, 6.45) is 11.8. The van der Waals surface area contributed by atoms with Gasteiger partial charge in [-0.05, 0) is 86.5 Å². The molecule has 1 fully saturated rings. The molecule has 6 rings (SSSR count). The summed E-state index contributed by atoms with van der Waals surface area (Å²) in [5, 5.41) is 8.12. The van der Waals surface area contributed by atoms with Crippen LogP contribution >= 0.6 is 11.8 Å². The second-order valence-electron chi connectivity index (χ2n) is 12.3. The molecular weight excluding hydrogens is 633 g/mol. The van der Waals surface area contributed by atoms with Crippen LogP contribution in [0.15, 0.2) is 96.3 Å². The lowest BCUT2D eigenvalue weighted by atomic mass is 10.1. The quantitative estimate of drug-likeness (QED) is 0.0773. The summed E-state index contributed by atoms with van der Waals surface area (Å²) in [4.78, 5) is 38.6. The van der Waals surface area contributed by atoms with Crippen LogP contribution in [-0.2, 0) is 4.74 Å². The van der Waals surface area contributed by atoms with E-state index in [1.54, 1.807) is 18.0 Å². The lowest BCUT2D eigenvalue weighted by molar-refractivity contribution is 0.0392. The van der Waals surface area contributed by atoms with Crippen LogP contribution in [0.2, 0.25) is 0 Å². The van der Waals surface area contributed by atoms with Gasteiger partial charge in [0.1, 0.15) is 0 Å². The molecule has 0 aliphatic carbocycles. The summed E-state index contributed by atoms with van der Waals surface area (Å²) in [5.41, 5.74) is 7.29. The Bertz CT molecular complexity index is 1990. The van der Waals surface area contributed by atoms with Gasteiger partial charge in [-0.1, -0.05) is 18.2 Å². The number of allylic oxidation sites excluding steroid dienone is 1. The number of H-pyrrole nitrogens is 2. The Morgan fingerprint density at radius 2 is 1.57 bits per heavy atom. The lowest BCUT2D eigenvalue weighted by Gasteiger charge is -2.31. The monoisotopic (exact) mass is 676 g/mol. The van der Waals surface area contributed by atoms with Crippen molar-refractivity contribution in [2.75, 3.05) is 61.9 Å². The first kappa shape index (κ1) is 34.1. The third-order valence-corrected chi connectivity index (χ3v) is 9.88. The first-order valence-corrected chi connectivity index (χ1v) is 17.7. The van der Waals surface area contributed by atoms with E-state index in [1.807, 2.05) is 81.7 Å². The number of aromatic amines is 2. The molecule has 0 atom stereocenters. The molecule has 0 radical (unpaired) electrons. The average Bonchev–Trinajstić information content (AvgIpc) is 3.69. The molecule has 5 aromatic rings. The Morgan fingerprint density at radius 3 is 2.24 bits per heavy atom. The minimum Gasteiger partial charge on any atom is -0.379 e. The SMILES string of the molecule is C/C=C\CN(CCN1CCOCC1)c1ccc(NC(=O)c2ccc3[nH]cc(C)c3c2)cc1SC/C=C/NC(=O)c1ccc2[nH]cc(C)c2c1. The highest BCUT2D eigenvalue weighted by Gasteiger charge is 2.17. The molecule has 3 aromatic carbocycles. The number of amides is 2. The predicted molar refractivity (Wildman–Crippen MR) is 202 cm³/mol. The van der Waals surface area contributed by atoms with Crippen LogP contribution in [0.25, 0.3) is 21.8 Å². The van der Waals surface area contributed by atoms with Crippen molar-refractivity contribution >= 4 is 56.8 Å². The van der Waals surface area contributed by atoms with Crippen molar-refractivity contribution in [1.29, 1.82) is 0 Å². The second-order valence-corrected chi connectivity index (χ2v) is 13.3. The largest absolute Gasteiger partial charge is 0.379 e. The molecule has 1 aliphatic heterocycles. The van der Waals surface area contributed by atoms with Crippen LogP contribution in [-0.4, -0.2) is 78.4 Å². The topological polar surface area (TPSA) is 105 Å². The maximum atomic E-state index is 13.4. The van der Waals surface area contributed by atoms with E-state index in [4.69, 9.17) is 4.74 Å². The lowest BCUT2D eigenvalue weighted by Crippen LogP contribution is -2.41. The minimum atomic E-state index is -0.153. The average molecular weight is 677 g/mol. The fourth-order valence-corrected chi connectivity index (χ4v) is 6.94. The molecule has 10 heteroatoms. The number of ether oxygens (including phenoxy) is 1. The number of benzene rings is 3. The van der Waals surface area contributed by atoms with Gasteiger partial charge in [0.25, 0.3) is 11.8 Å². The van der Waals surface area contributed by atoms with Gasteiger partial charge in [-0.2, -0.15) is 0 Å². The number of carbonyl (C=O) groups excluding carboxylic acids is 2.